The number of nitrogens with zero attached hydrogens (tertiary/aromatic N) is 4. The summed E-state index contributed by atoms with van der Waals surface area (Å²) in [7, 11) is 0. The van der Waals surface area contributed by atoms with Crippen LogP contribution in [0, 0.1) is 0 Å². The van der Waals surface area contributed by atoms with Crippen LogP contribution in [-0.4, -0.2) is 77.0 Å². The first kappa shape index (κ1) is 20.5. The van der Waals surface area contributed by atoms with Crippen LogP contribution >= 0.6 is 11.8 Å². The Bertz CT molecular complexity index is 861. The molecule has 11 nitrogen and oxygen atoms in total. The molecular weight excluding hydrogens is 390 g/mol. The van der Waals surface area contributed by atoms with Gasteiger partial charge < -0.3 is 25.4 Å². The minimum absolute atomic E-state index is 0.0332. The quantitative estimate of drug-likeness (QED) is 0.465. The van der Waals surface area contributed by atoms with Crippen LogP contribution in [-0.2, 0) is 14.3 Å². The fourth-order valence-electron chi connectivity index (χ4n) is 2.99. The Morgan fingerprint density at radius 1 is 1.25 bits per heavy atom. The highest BCUT2D eigenvalue weighted by molar-refractivity contribution is 7.98. The summed E-state index contributed by atoms with van der Waals surface area (Å²) in [5.74, 6) is -0.650. The number of nitrogens with one attached hydrogen (secondary N) is 1. The normalized spacial score (nSPS) is 24.5. The molecule has 12 heteroatoms. The lowest BCUT2D eigenvalue weighted by Gasteiger charge is -2.16. The number of rotatable bonds is 8. The van der Waals surface area contributed by atoms with Gasteiger partial charge in [-0.3, -0.25) is 14.2 Å². The standard InChI is InChI=1S/C16H21N5O6S/c1-28-5-8-12(25)13(26)16(27-8)21-7-19-11-14(17-6-18-15(11)21)20-9(22)3-2-4-10(23)24/h6-8,12-13,16,25-26H,2-5H2,1H3,(H,23,24)(H,17,18,20,22)/t8-,12-,13+,16-/m1/s1. The molecule has 0 saturated carbocycles. The zero-order valence-corrected chi connectivity index (χ0v) is 15.9. The predicted octanol–water partition coefficient (Wildman–Crippen LogP) is 0.00190. The zero-order chi connectivity index (χ0) is 20.3. The maximum atomic E-state index is 12.0. The Kier molecular flexibility index (Phi) is 6.44. The number of hydrogen-bond donors (Lipinski definition) is 4. The third-order valence-electron chi connectivity index (χ3n) is 4.35. The Labute approximate surface area is 164 Å². The van der Waals surface area contributed by atoms with Gasteiger partial charge in [-0.05, 0) is 12.7 Å². The fraction of sp³-hybridized carbons (Fsp3) is 0.562. The van der Waals surface area contributed by atoms with Gasteiger partial charge in [0.25, 0.3) is 0 Å². The number of carboxylic acids is 1. The topological polar surface area (TPSA) is 160 Å². The van der Waals surface area contributed by atoms with Crippen molar-refractivity contribution in [2.45, 2.75) is 43.8 Å². The first-order valence-corrected chi connectivity index (χ1v) is 10.0. The molecule has 1 aliphatic rings. The molecule has 152 valence electrons. The smallest absolute Gasteiger partial charge is 0.303 e. The molecule has 0 aromatic carbocycles. The second-order valence-corrected chi connectivity index (χ2v) is 7.25. The van der Waals surface area contributed by atoms with Crippen molar-refractivity contribution in [2.75, 3.05) is 17.3 Å². The molecule has 28 heavy (non-hydrogen) atoms. The highest BCUT2D eigenvalue weighted by Crippen LogP contribution is 2.33. The van der Waals surface area contributed by atoms with E-state index in [0.29, 0.717) is 16.9 Å². The number of hydrogen-bond acceptors (Lipinski definition) is 9. The number of aliphatic hydroxyl groups is 2. The summed E-state index contributed by atoms with van der Waals surface area (Å²) in [6.45, 7) is 0. The summed E-state index contributed by atoms with van der Waals surface area (Å²) in [4.78, 5) is 34.9. The number of carbonyl (C=O) groups excluding carboxylic acids is 1. The number of anilines is 1. The third kappa shape index (κ3) is 4.24. The number of ether oxygens (including phenoxy) is 1. The molecule has 2 aromatic rings. The molecule has 0 bridgehead atoms. The summed E-state index contributed by atoms with van der Waals surface area (Å²) in [6.07, 6.45) is 1.08. The lowest BCUT2D eigenvalue weighted by molar-refractivity contribution is -0.137. The molecule has 0 aliphatic carbocycles. The SMILES string of the molecule is CSC[C@H]1O[C@@H](n2cnc3c(NC(=O)CCCC(=O)O)ncnc32)[C@@H](O)[C@@H]1O. The molecule has 1 saturated heterocycles. The average Bonchev–Trinajstić information content (AvgIpc) is 3.19. The fourth-order valence-corrected chi connectivity index (χ4v) is 3.59. The van der Waals surface area contributed by atoms with Crippen LogP contribution in [0.15, 0.2) is 12.7 Å². The van der Waals surface area contributed by atoms with Crippen molar-refractivity contribution < 1.29 is 29.6 Å². The van der Waals surface area contributed by atoms with Gasteiger partial charge >= 0.3 is 5.97 Å². The number of thioether (sulfide) groups is 1. The maximum absolute atomic E-state index is 12.0. The van der Waals surface area contributed by atoms with E-state index >= 15 is 0 Å². The van der Waals surface area contributed by atoms with Crippen LogP contribution in [0.2, 0.25) is 0 Å². The first-order chi connectivity index (χ1) is 13.4. The molecule has 0 radical (unpaired) electrons. The molecule has 0 spiro atoms. The Morgan fingerprint density at radius 3 is 2.75 bits per heavy atom. The molecular formula is C16H21N5O6S. The predicted molar refractivity (Wildman–Crippen MR) is 99.7 cm³/mol. The van der Waals surface area contributed by atoms with E-state index in [0.717, 1.165) is 0 Å². The van der Waals surface area contributed by atoms with Crippen LogP contribution in [0.25, 0.3) is 11.2 Å². The number of carbonyl (C=O) groups is 2. The lowest BCUT2D eigenvalue weighted by Crippen LogP contribution is -2.32. The summed E-state index contributed by atoms with van der Waals surface area (Å²) < 4.78 is 7.27. The van der Waals surface area contributed by atoms with Crippen LogP contribution in [0.5, 0.6) is 0 Å². The van der Waals surface area contributed by atoms with Crippen molar-refractivity contribution >= 4 is 40.6 Å². The van der Waals surface area contributed by atoms with Crippen molar-refractivity contribution in [2.24, 2.45) is 0 Å². The lowest BCUT2D eigenvalue weighted by atomic mass is 10.1. The monoisotopic (exact) mass is 411 g/mol. The molecule has 4 N–H and O–H groups in total. The van der Waals surface area contributed by atoms with Gasteiger partial charge in [-0.2, -0.15) is 11.8 Å². The number of fused-ring (bicyclic) bond motifs is 1. The van der Waals surface area contributed by atoms with Crippen molar-refractivity contribution in [1.29, 1.82) is 0 Å². The first-order valence-electron chi connectivity index (χ1n) is 8.62. The maximum Gasteiger partial charge on any atom is 0.303 e. The molecule has 1 aliphatic heterocycles. The van der Waals surface area contributed by atoms with Gasteiger partial charge in [-0.1, -0.05) is 0 Å². The van der Waals surface area contributed by atoms with E-state index in [9.17, 15) is 19.8 Å². The van der Waals surface area contributed by atoms with Crippen LogP contribution in [0.4, 0.5) is 5.82 Å². The summed E-state index contributed by atoms with van der Waals surface area (Å²) in [6, 6.07) is 0. The van der Waals surface area contributed by atoms with Crippen molar-refractivity contribution in [3.05, 3.63) is 12.7 Å². The molecule has 4 atom stereocenters. The Morgan fingerprint density at radius 2 is 2.04 bits per heavy atom. The summed E-state index contributed by atoms with van der Waals surface area (Å²) in [5.41, 5.74) is 0.629. The molecule has 2 aromatic heterocycles. The van der Waals surface area contributed by atoms with Gasteiger partial charge in [0.15, 0.2) is 23.2 Å². The molecule has 1 amide bonds. The third-order valence-corrected chi connectivity index (χ3v) is 5.02. The molecule has 3 rings (SSSR count). The highest BCUT2D eigenvalue weighted by Gasteiger charge is 2.44. The largest absolute Gasteiger partial charge is 0.481 e. The number of aliphatic carboxylic acids is 1. The number of aromatic nitrogens is 4. The minimum Gasteiger partial charge on any atom is -0.481 e. The number of amides is 1. The van der Waals surface area contributed by atoms with E-state index in [1.807, 2.05) is 6.26 Å². The van der Waals surface area contributed by atoms with Crippen LogP contribution < -0.4 is 5.32 Å². The van der Waals surface area contributed by atoms with Crippen molar-refractivity contribution in [3.8, 4) is 0 Å². The van der Waals surface area contributed by atoms with Gasteiger partial charge in [0.1, 0.15) is 18.5 Å². The molecule has 0 unspecified atom stereocenters. The highest BCUT2D eigenvalue weighted by atomic mass is 32.2. The van der Waals surface area contributed by atoms with E-state index in [1.165, 1.54) is 29.0 Å². The average molecular weight is 411 g/mol. The molecule has 1 fully saturated rings. The minimum atomic E-state index is -1.15. The Hall–Kier alpha value is -2.28. The summed E-state index contributed by atoms with van der Waals surface area (Å²) in [5, 5.41) is 31.8. The van der Waals surface area contributed by atoms with Gasteiger partial charge in [-0.15, -0.1) is 0 Å². The van der Waals surface area contributed by atoms with Crippen LogP contribution in [0.1, 0.15) is 25.5 Å². The van der Waals surface area contributed by atoms with E-state index in [1.54, 1.807) is 0 Å². The Balaban J connectivity index is 1.78. The van der Waals surface area contributed by atoms with E-state index < -0.39 is 30.5 Å². The zero-order valence-electron chi connectivity index (χ0n) is 15.1. The summed E-state index contributed by atoms with van der Waals surface area (Å²) >= 11 is 1.49. The van der Waals surface area contributed by atoms with Crippen molar-refractivity contribution in [1.82, 2.24) is 19.5 Å². The van der Waals surface area contributed by atoms with Gasteiger partial charge in [0.05, 0.1) is 12.4 Å². The van der Waals surface area contributed by atoms with Gasteiger partial charge in [-0.25, -0.2) is 15.0 Å². The number of carboxylic acid groups (broad SMARTS) is 1. The number of aliphatic hydroxyl groups excluding tert-OH is 2. The second-order valence-electron chi connectivity index (χ2n) is 6.34. The van der Waals surface area contributed by atoms with E-state index in [-0.39, 0.29) is 31.0 Å². The van der Waals surface area contributed by atoms with Gasteiger partial charge in [0, 0.05) is 18.6 Å². The molecule has 3 heterocycles. The number of imidazole rings is 1. The van der Waals surface area contributed by atoms with Crippen molar-refractivity contribution in [3.63, 3.8) is 0 Å². The second kappa shape index (κ2) is 8.82. The van der Waals surface area contributed by atoms with Gasteiger partial charge in [0.2, 0.25) is 5.91 Å². The van der Waals surface area contributed by atoms with E-state index in [4.69, 9.17) is 9.84 Å². The van der Waals surface area contributed by atoms with E-state index in [2.05, 4.69) is 20.3 Å². The van der Waals surface area contributed by atoms with Crippen LogP contribution in [0.3, 0.4) is 0 Å².